The highest BCUT2D eigenvalue weighted by Gasteiger charge is 2.25. The summed E-state index contributed by atoms with van der Waals surface area (Å²) in [6.07, 6.45) is 6.94. The summed E-state index contributed by atoms with van der Waals surface area (Å²) in [4.78, 5) is 24.0. The minimum Gasteiger partial charge on any atom is -0.465 e. The number of carbonyl (C=O) groups excluding carboxylic acids is 2. The summed E-state index contributed by atoms with van der Waals surface area (Å²) in [5.41, 5.74) is 3.38. The number of hydrogen-bond donors (Lipinski definition) is 1. The number of nitrogens with zero attached hydrogens (tertiary/aromatic N) is 1. The number of amides is 1. The van der Waals surface area contributed by atoms with Crippen LogP contribution in [0.1, 0.15) is 40.5 Å². The van der Waals surface area contributed by atoms with Crippen LogP contribution in [-0.4, -0.2) is 36.2 Å². The van der Waals surface area contributed by atoms with E-state index < -0.39 is 17.8 Å². The van der Waals surface area contributed by atoms with Crippen LogP contribution in [0, 0.1) is 5.92 Å². The molecule has 0 aliphatic heterocycles. The van der Waals surface area contributed by atoms with Gasteiger partial charge in [-0.2, -0.15) is 0 Å². The van der Waals surface area contributed by atoms with Crippen molar-refractivity contribution in [1.29, 1.82) is 0 Å². The molecule has 1 rings (SSSR count). The van der Waals surface area contributed by atoms with Gasteiger partial charge in [0.05, 0.1) is 12.7 Å². The Bertz CT molecular complexity index is 557. The maximum atomic E-state index is 13.2. The molecule has 140 valence electrons. The number of esters is 1. The fourth-order valence-corrected chi connectivity index (χ4v) is 2.12. The van der Waals surface area contributed by atoms with E-state index in [4.69, 9.17) is 9.47 Å². The second-order valence-corrected chi connectivity index (χ2v) is 5.59. The number of carbonyl (C=O) groups is 2. The molecule has 0 saturated carbocycles. The molecule has 0 aromatic rings. The molecule has 0 aromatic carbocycles. The Balaban J connectivity index is 2.87. The van der Waals surface area contributed by atoms with Crippen LogP contribution < -0.4 is 5.43 Å². The Morgan fingerprint density at radius 3 is 2.56 bits per heavy atom. The molecule has 6 nitrogen and oxygen atoms in total. The normalized spacial score (nSPS) is 16.7. The van der Waals surface area contributed by atoms with Crippen LogP contribution in [0.2, 0.25) is 0 Å². The minimum atomic E-state index is -0.948. The summed E-state index contributed by atoms with van der Waals surface area (Å²) in [5, 5.41) is 1.50. The van der Waals surface area contributed by atoms with Gasteiger partial charge >= 0.3 is 5.97 Å². The largest absolute Gasteiger partial charge is 0.465 e. The molecule has 0 heterocycles. The predicted octanol–water partition coefficient (Wildman–Crippen LogP) is 2.99. The van der Waals surface area contributed by atoms with E-state index in [-0.39, 0.29) is 25.0 Å². The Hall–Kier alpha value is -2.15. The molecular formula is C18H27FN2O4. The van der Waals surface area contributed by atoms with Crippen LogP contribution in [0.4, 0.5) is 4.39 Å². The van der Waals surface area contributed by atoms with Gasteiger partial charge in [-0.15, -0.1) is 0 Å². The van der Waals surface area contributed by atoms with Gasteiger partial charge in [-0.1, -0.05) is 0 Å². The third-order valence-electron chi connectivity index (χ3n) is 3.59. The van der Waals surface area contributed by atoms with Crippen LogP contribution in [0.5, 0.6) is 0 Å². The molecule has 1 unspecified atom stereocenters. The van der Waals surface area contributed by atoms with Gasteiger partial charge in [0, 0.05) is 24.9 Å². The zero-order chi connectivity index (χ0) is 18.8. The second kappa shape index (κ2) is 10.7. The molecule has 0 aromatic heterocycles. The highest BCUT2D eigenvalue weighted by molar-refractivity contribution is 5.97. The van der Waals surface area contributed by atoms with Crippen molar-refractivity contribution in [2.45, 2.75) is 46.6 Å². The lowest BCUT2D eigenvalue weighted by molar-refractivity contribution is -0.152. The van der Waals surface area contributed by atoms with E-state index in [2.05, 4.69) is 5.43 Å². The van der Waals surface area contributed by atoms with Gasteiger partial charge < -0.3 is 9.47 Å². The van der Waals surface area contributed by atoms with Gasteiger partial charge in [-0.25, -0.2) is 4.39 Å². The summed E-state index contributed by atoms with van der Waals surface area (Å²) in [6, 6.07) is 0. The fourth-order valence-electron chi connectivity index (χ4n) is 2.12. The molecule has 0 spiro atoms. The molecule has 25 heavy (non-hydrogen) atoms. The van der Waals surface area contributed by atoms with Crippen molar-refractivity contribution in [3.8, 4) is 0 Å². The first-order valence-electron chi connectivity index (χ1n) is 8.50. The molecule has 0 saturated heterocycles. The average Bonchev–Trinajstić information content (AvgIpc) is 2.59. The number of hydrazine groups is 1. The number of allylic oxidation sites excluding steroid dienone is 4. The zero-order valence-electron chi connectivity index (χ0n) is 15.3. The van der Waals surface area contributed by atoms with Crippen molar-refractivity contribution >= 4 is 11.9 Å². The summed E-state index contributed by atoms with van der Waals surface area (Å²) >= 11 is 0. The lowest BCUT2D eigenvalue weighted by Crippen LogP contribution is -2.43. The number of nitrogens with one attached hydrogen (secondary N) is 1. The number of ether oxygens (including phenoxy) is 2. The van der Waals surface area contributed by atoms with E-state index in [0.717, 1.165) is 0 Å². The maximum absolute atomic E-state index is 13.2. The van der Waals surface area contributed by atoms with Gasteiger partial charge in [0.1, 0.15) is 11.7 Å². The Morgan fingerprint density at radius 2 is 2.00 bits per heavy atom. The Kier molecular flexibility index (Phi) is 8.91. The molecule has 0 radical (unpaired) electrons. The molecular weight excluding hydrogens is 327 g/mol. The third kappa shape index (κ3) is 7.09. The van der Waals surface area contributed by atoms with E-state index in [1.54, 1.807) is 25.3 Å². The first kappa shape index (κ1) is 20.9. The summed E-state index contributed by atoms with van der Waals surface area (Å²) in [5.74, 6) is -2.24. The average molecular weight is 354 g/mol. The fraction of sp³-hybridized carbons (Fsp3) is 0.556. The van der Waals surface area contributed by atoms with Gasteiger partial charge in [-0.3, -0.25) is 20.0 Å². The van der Waals surface area contributed by atoms with E-state index >= 15 is 0 Å². The maximum Gasteiger partial charge on any atom is 0.318 e. The topological polar surface area (TPSA) is 67.9 Å². The molecule has 0 bridgehead atoms. The Labute approximate surface area is 148 Å². The van der Waals surface area contributed by atoms with Crippen LogP contribution in [0.3, 0.4) is 0 Å². The van der Waals surface area contributed by atoms with Gasteiger partial charge in [-0.05, 0) is 52.3 Å². The SMILES string of the molecule is CCOC(=O)[C@H](C)C(=O)NN(/C=C\C(C)OCC)C1=CC=C(F)CC1. The van der Waals surface area contributed by atoms with E-state index in [9.17, 15) is 14.0 Å². The summed E-state index contributed by atoms with van der Waals surface area (Å²) < 4.78 is 23.5. The molecule has 1 N–H and O–H groups in total. The highest BCUT2D eigenvalue weighted by atomic mass is 19.1. The summed E-state index contributed by atoms with van der Waals surface area (Å²) in [6.45, 7) is 7.70. The van der Waals surface area contributed by atoms with E-state index in [1.165, 1.54) is 18.0 Å². The molecule has 2 atom stereocenters. The highest BCUT2D eigenvalue weighted by Crippen LogP contribution is 2.21. The first-order valence-corrected chi connectivity index (χ1v) is 8.50. The van der Waals surface area contributed by atoms with Gasteiger partial charge in [0.2, 0.25) is 0 Å². The van der Waals surface area contributed by atoms with E-state index in [0.29, 0.717) is 18.7 Å². The van der Waals surface area contributed by atoms with Gasteiger partial charge in [0.25, 0.3) is 5.91 Å². The quantitative estimate of drug-likeness (QED) is 0.392. The predicted molar refractivity (Wildman–Crippen MR) is 92.5 cm³/mol. The van der Waals surface area contributed by atoms with Gasteiger partial charge in [0.15, 0.2) is 0 Å². The van der Waals surface area contributed by atoms with Crippen LogP contribution >= 0.6 is 0 Å². The molecule has 1 aliphatic carbocycles. The number of hydrogen-bond acceptors (Lipinski definition) is 5. The zero-order valence-corrected chi connectivity index (χ0v) is 15.3. The molecule has 0 fully saturated rings. The smallest absolute Gasteiger partial charge is 0.318 e. The van der Waals surface area contributed by atoms with Crippen molar-refractivity contribution < 1.29 is 23.5 Å². The van der Waals surface area contributed by atoms with Crippen LogP contribution in [0.15, 0.2) is 36.0 Å². The van der Waals surface area contributed by atoms with Crippen molar-refractivity contribution in [2.24, 2.45) is 5.92 Å². The Morgan fingerprint density at radius 1 is 1.28 bits per heavy atom. The third-order valence-corrected chi connectivity index (χ3v) is 3.59. The monoisotopic (exact) mass is 354 g/mol. The van der Waals surface area contributed by atoms with Crippen LogP contribution in [0.25, 0.3) is 0 Å². The molecule has 1 aliphatic rings. The van der Waals surface area contributed by atoms with E-state index in [1.807, 2.05) is 13.8 Å². The van der Waals surface area contributed by atoms with Crippen molar-refractivity contribution in [3.63, 3.8) is 0 Å². The second-order valence-electron chi connectivity index (χ2n) is 5.59. The number of rotatable bonds is 9. The van der Waals surface area contributed by atoms with Crippen molar-refractivity contribution in [1.82, 2.24) is 10.4 Å². The lowest BCUT2D eigenvalue weighted by atomic mass is 10.1. The van der Waals surface area contributed by atoms with Crippen molar-refractivity contribution in [2.75, 3.05) is 13.2 Å². The number of halogens is 1. The summed E-state index contributed by atoms with van der Waals surface area (Å²) in [7, 11) is 0. The standard InChI is InChI=1S/C18H27FN2O4/c1-5-24-13(3)11-12-21(16-9-7-15(19)8-10-16)20-17(22)14(4)18(23)25-6-2/h7,9,11-14H,5-6,8,10H2,1-4H3,(H,20,22)/b12-11-/t13?,14-/m1/s1. The lowest BCUT2D eigenvalue weighted by Gasteiger charge is -2.27. The van der Waals surface area contributed by atoms with Crippen LogP contribution in [-0.2, 0) is 19.1 Å². The van der Waals surface area contributed by atoms with Crippen molar-refractivity contribution in [3.05, 3.63) is 36.0 Å². The molecule has 1 amide bonds. The molecule has 7 heteroatoms. The minimum absolute atomic E-state index is 0.150. The first-order chi connectivity index (χ1) is 11.9.